The highest BCUT2D eigenvalue weighted by atomic mass is 79.9. The minimum Gasteiger partial charge on any atom is -0.316 e. The zero-order valence-corrected chi connectivity index (χ0v) is 12.5. The summed E-state index contributed by atoms with van der Waals surface area (Å²) in [5.74, 6) is 0.684. The summed E-state index contributed by atoms with van der Waals surface area (Å²) in [4.78, 5) is 2.46. The molecule has 0 radical (unpaired) electrons. The molecular weight excluding hydrogens is 288 g/mol. The summed E-state index contributed by atoms with van der Waals surface area (Å²) >= 11 is 3.60. The van der Waals surface area contributed by atoms with Gasteiger partial charge in [0.2, 0.25) is 0 Å². The average Bonchev–Trinajstić information content (AvgIpc) is 2.77. The van der Waals surface area contributed by atoms with Gasteiger partial charge >= 0.3 is 0 Å². The van der Waals surface area contributed by atoms with Crippen molar-refractivity contribution in [3.63, 3.8) is 0 Å². The summed E-state index contributed by atoms with van der Waals surface area (Å²) in [6.07, 6.45) is 2.65. The first-order valence-electron chi connectivity index (χ1n) is 6.84. The molecule has 0 amide bonds. The fourth-order valence-corrected chi connectivity index (χ4v) is 4.01. The van der Waals surface area contributed by atoms with E-state index in [1.54, 1.807) is 0 Å². The lowest BCUT2D eigenvalue weighted by molar-refractivity contribution is 0.124. The van der Waals surface area contributed by atoms with Crippen LogP contribution in [0.25, 0.3) is 0 Å². The lowest BCUT2D eigenvalue weighted by Crippen LogP contribution is -2.41. The molecule has 1 atom stereocenters. The van der Waals surface area contributed by atoms with Crippen LogP contribution in [0.15, 0.2) is 28.7 Å². The Bertz CT molecular complexity index is 424. The van der Waals surface area contributed by atoms with E-state index in [1.165, 1.54) is 42.5 Å². The van der Waals surface area contributed by atoms with Gasteiger partial charge in [-0.05, 0) is 56.1 Å². The van der Waals surface area contributed by atoms with E-state index in [0.717, 1.165) is 6.54 Å². The Balaban J connectivity index is 1.87. The molecule has 1 unspecified atom stereocenters. The number of piperidine rings is 1. The Morgan fingerprint density at radius 3 is 2.83 bits per heavy atom. The lowest BCUT2D eigenvalue weighted by atomic mass is 9.68. The van der Waals surface area contributed by atoms with Crippen molar-refractivity contribution in [1.29, 1.82) is 0 Å². The molecule has 1 N–H and O–H groups in total. The Morgan fingerprint density at radius 1 is 1.33 bits per heavy atom. The van der Waals surface area contributed by atoms with Crippen molar-refractivity contribution in [3.8, 4) is 0 Å². The summed E-state index contributed by atoms with van der Waals surface area (Å²) in [5.41, 5.74) is 1.99. The molecule has 0 aromatic heterocycles. The molecule has 1 aromatic rings. The number of benzene rings is 1. The molecule has 0 bridgehead atoms. The fraction of sp³-hybridized carbons (Fsp3) is 0.600. The molecule has 2 heterocycles. The van der Waals surface area contributed by atoms with Gasteiger partial charge in [-0.3, -0.25) is 0 Å². The van der Waals surface area contributed by atoms with Crippen LogP contribution in [0.4, 0.5) is 0 Å². The molecule has 0 aliphatic carbocycles. The Labute approximate surface area is 118 Å². The molecule has 2 fully saturated rings. The highest BCUT2D eigenvalue weighted by Gasteiger charge is 2.44. The van der Waals surface area contributed by atoms with Gasteiger partial charge in [0.1, 0.15) is 0 Å². The minimum atomic E-state index is 0.493. The third-order valence-corrected chi connectivity index (χ3v) is 5.29. The van der Waals surface area contributed by atoms with Gasteiger partial charge < -0.3 is 10.2 Å². The van der Waals surface area contributed by atoms with E-state index >= 15 is 0 Å². The molecule has 18 heavy (non-hydrogen) atoms. The Morgan fingerprint density at radius 2 is 2.11 bits per heavy atom. The highest BCUT2D eigenvalue weighted by Crippen LogP contribution is 2.46. The largest absolute Gasteiger partial charge is 0.316 e. The number of nitrogens with zero attached hydrogens (tertiary/aromatic N) is 1. The third kappa shape index (κ3) is 2.24. The standard InChI is InChI=1S/C15H21BrN2/c1-18-7-5-15(6-8-18)11-17-10-14(15)12-3-2-4-13(16)9-12/h2-4,9,14,17H,5-8,10-11H2,1H3. The van der Waals surface area contributed by atoms with Gasteiger partial charge in [0.25, 0.3) is 0 Å². The monoisotopic (exact) mass is 308 g/mol. The van der Waals surface area contributed by atoms with Crippen LogP contribution in [-0.4, -0.2) is 38.1 Å². The van der Waals surface area contributed by atoms with E-state index in [9.17, 15) is 0 Å². The van der Waals surface area contributed by atoms with Crippen LogP contribution in [0.5, 0.6) is 0 Å². The van der Waals surface area contributed by atoms with Crippen LogP contribution in [0.1, 0.15) is 24.3 Å². The number of likely N-dealkylation sites (tertiary alicyclic amines) is 1. The number of hydrogen-bond donors (Lipinski definition) is 1. The van der Waals surface area contributed by atoms with E-state index in [1.807, 2.05) is 0 Å². The first-order valence-corrected chi connectivity index (χ1v) is 7.64. The second kappa shape index (κ2) is 4.95. The molecule has 3 rings (SSSR count). The number of nitrogens with one attached hydrogen (secondary N) is 1. The lowest BCUT2D eigenvalue weighted by Gasteiger charge is -2.41. The van der Waals surface area contributed by atoms with Crippen molar-refractivity contribution < 1.29 is 0 Å². The molecule has 2 saturated heterocycles. The summed E-state index contributed by atoms with van der Waals surface area (Å²) in [6.45, 7) is 4.82. The summed E-state index contributed by atoms with van der Waals surface area (Å²) < 4.78 is 1.20. The van der Waals surface area contributed by atoms with Crippen molar-refractivity contribution in [2.45, 2.75) is 18.8 Å². The van der Waals surface area contributed by atoms with Crippen LogP contribution in [-0.2, 0) is 0 Å². The molecular formula is C15H21BrN2. The Kier molecular flexibility index (Phi) is 3.48. The zero-order chi connectivity index (χ0) is 12.6. The van der Waals surface area contributed by atoms with E-state index < -0.39 is 0 Å². The second-order valence-electron chi connectivity index (χ2n) is 5.90. The molecule has 0 saturated carbocycles. The normalized spacial score (nSPS) is 27.8. The van der Waals surface area contributed by atoms with Crippen LogP contribution < -0.4 is 5.32 Å². The van der Waals surface area contributed by atoms with Gasteiger partial charge in [-0.1, -0.05) is 28.1 Å². The van der Waals surface area contributed by atoms with Crippen molar-refractivity contribution >= 4 is 15.9 Å². The maximum atomic E-state index is 3.63. The van der Waals surface area contributed by atoms with Crippen molar-refractivity contribution in [1.82, 2.24) is 10.2 Å². The van der Waals surface area contributed by atoms with Gasteiger partial charge in [-0.15, -0.1) is 0 Å². The number of hydrogen-bond acceptors (Lipinski definition) is 2. The van der Waals surface area contributed by atoms with Crippen LogP contribution in [0.2, 0.25) is 0 Å². The molecule has 2 aliphatic heterocycles. The SMILES string of the molecule is CN1CCC2(CC1)CNCC2c1cccc(Br)c1. The van der Waals surface area contributed by atoms with Crippen LogP contribution >= 0.6 is 15.9 Å². The molecule has 3 heteroatoms. The van der Waals surface area contributed by atoms with Crippen molar-refractivity contribution in [3.05, 3.63) is 34.3 Å². The summed E-state index contributed by atoms with van der Waals surface area (Å²) in [6, 6.07) is 8.88. The van der Waals surface area contributed by atoms with E-state index in [2.05, 4.69) is 57.5 Å². The minimum absolute atomic E-state index is 0.493. The quantitative estimate of drug-likeness (QED) is 0.858. The molecule has 2 nitrogen and oxygen atoms in total. The van der Waals surface area contributed by atoms with Gasteiger partial charge in [0, 0.05) is 23.5 Å². The maximum Gasteiger partial charge on any atom is 0.0178 e. The van der Waals surface area contributed by atoms with Gasteiger partial charge in [-0.2, -0.15) is 0 Å². The Hall–Kier alpha value is -0.380. The predicted molar refractivity (Wildman–Crippen MR) is 78.9 cm³/mol. The van der Waals surface area contributed by atoms with Gasteiger partial charge in [-0.25, -0.2) is 0 Å². The van der Waals surface area contributed by atoms with E-state index in [0.29, 0.717) is 11.3 Å². The first kappa shape index (κ1) is 12.6. The summed E-state index contributed by atoms with van der Waals surface area (Å²) in [5, 5.41) is 3.63. The van der Waals surface area contributed by atoms with Crippen LogP contribution in [0, 0.1) is 5.41 Å². The van der Waals surface area contributed by atoms with E-state index in [4.69, 9.17) is 0 Å². The maximum absolute atomic E-state index is 3.63. The molecule has 1 aromatic carbocycles. The third-order valence-electron chi connectivity index (χ3n) is 4.80. The number of halogens is 1. The molecule has 2 aliphatic rings. The fourth-order valence-electron chi connectivity index (χ4n) is 3.59. The molecule has 98 valence electrons. The molecule has 1 spiro atoms. The second-order valence-corrected chi connectivity index (χ2v) is 6.82. The van der Waals surface area contributed by atoms with Gasteiger partial charge in [0.15, 0.2) is 0 Å². The van der Waals surface area contributed by atoms with Crippen molar-refractivity contribution in [2.24, 2.45) is 5.41 Å². The topological polar surface area (TPSA) is 15.3 Å². The number of rotatable bonds is 1. The van der Waals surface area contributed by atoms with Crippen LogP contribution in [0.3, 0.4) is 0 Å². The zero-order valence-electron chi connectivity index (χ0n) is 11.0. The summed E-state index contributed by atoms with van der Waals surface area (Å²) in [7, 11) is 2.24. The first-order chi connectivity index (χ1) is 8.70. The van der Waals surface area contributed by atoms with Gasteiger partial charge in [0.05, 0.1) is 0 Å². The van der Waals surface area contributed by atoms with E-state index in [-0.39, 0.29) is 0 Å². The highest BCUT2D eigenvalue weighted by molar-refractivity contribution is 9.10. The average molecular weight is 309 g/mol. The van der Waals surface area contributed by atoms with Crippen molar-refractivity contribution in [2.75, 3.05) is 33.2 Å². The predicted octanol–water partition coefficient (Wildman–Crippen LogP) is 2.85. The smallest absolute Gasteiger partial charge is 0.0178 e.